The van der Waals surface area contributed by atoms with Crippen LogP contribution in [-0.4, -0.2) is 31.9 Å². The highest BCUT2D eigenvalue weighted by atomic mass is 16.6. The molecule has 0 fully saturated rings. The van der Waals surface area contributed by atoms with Gasteiger partial charge in [0.1, 0.15) is 17.1 Å². The van der Waals surface area contributed by atoms with Crippen LogP contribution in [0.4, 0.5) is 4.79 Å². The van der Waals surface area contributed by atoms with Crippen molar-refractivity contribution in [3.8, 4) is 11.5 Å². The van der Waals surface area contributed by atoms with Gasteiger partial charge in [0.15, 0.2) is 5.82 Å². The maximum absolute atomic E-state index is 12.3. The summed E-state index contributed by atoms with van der Waals surface area (Å²) in [6, 6.07) is 15.3. The Hall–Kier alpha value is -3.22. The van der Waals surface area contributed by atoms with Gasteiger partial charge in [-0.05, 0) is 51.3 Å². The predicted molar refractivity (Wildman–Crippen MR) is 106 cm³/mol. The molecule has 0 saturated carbocycles. The molecule has 1 atom stereocenters. The molecule has 28 heavy (non-hydrogen) atoms. The number of alkyl carbamates (subject to hydrolysis) is 1. The molecule has 7 heteroatoms. The molecule has 0 spiro atoms. The molecule has 1 aromatic carbocycles. The number of carbonyl (C=O) groups is 1. The molecule has 3 aromatic rings. The predicted octanol–water partition coefficient (Wildman–Crippen LogP) is 4.07. The molecule has 0 saturated heterocycles. The van der Waals surface area contributed by atoms with E-state index in [1.54, 1.807) is 6.20 Å². The molecular weight excluding hydrogens is 354 g/mol. The lowest BCUT2D eigenvalue weighted by Gasteiger charge is -2.22. The van der Waals surface area contributed by atoms with Crippen molar-refractivity contribution in [1.29, 1.82) is 0 Å². The van der Waals surface area contributed by atoms with Crippen LogP contribution in [0.5, 0.6) is 0 Å². The SMILES string of the molecule is CC(C)(C)OC(=O)N[C@H](CCc1ccccc1)c1nc(-c2ccccn2)n[nH]1. The average Bonchev–Trinajstić information content (AvgIpc) is 3.15. The quantitative estimate of drug-likeness (QED) is 0.673. The normalized spacial score (nSPS) is 12.4. The Bertz CT molecular complexity index is 888. The molecule has 0 radical (unpaired) electrons. The van der Waals surface area contributed by atoms with Gasteiger partial charge in [-0.2, -0.15) is 5.10 Å². The monoisotopic (exact) mass is 379 g/mol. The molecule has 2 aromatic heterocycles. The van der Waals surface area contributed by atoms with Gasteiger partial charge in [0.25, 0.3) is 0 Å². The third kappa shape index (κ3) is 5.64. The van der Waals surface area contributed by atoms with Crippen molar-refractivity contribution in [2.24, 2.45) is 0 Å². The van der Waals surface area contributed by atoms with E-state index in [4.69, 9.17) is 4.74 Å². The van der Waals surface area contributed by atoms with E-state index in [2.05, 4.69) is 37.6 Å². The molecule has 0 aliphatic rings. The molecule has 7 nitrogen and oxygen atoms in total. The largest absolute Gasteiger partial charge is 0.444 e. The van der Waals surface area contributed by atoms with Gasteiger partial charge in [0.2, 0.25) is 0 Å². The van der Waals surface area contributed by atoms with Crippen molar-refractivity contribution in [1.82, 2.24) is 25.5 Å². The first-order valence-corrected chi connectivity index (χ1v) is 9.28. The van der Waals surface area contributed by atoms with Crippen LogP contribution in [0.2, 0.25) is 0 Å². The van der Waals surface area contributed by atoms with Crippen molar-refractivity contribution in [3.05, 3.63) is 66.1 Å². The van der Waals surface area contributed by atoms with Gasteiger partial charge in [-0.3, -0.25) is 10.1 Å². The molecule has 1 amide bonds. The maximum atomic E-state index is 12.3. The second kappa shape index (κ2) is 8.65. The first-order valence-electron chi connectivity index (χ1n) is 9.28. The minimum absolute atomic E-state index is 0.361. The molecule has 3 rings (SSSR count). The van der Waals surface area contributed by atoms with Gasteiger partial charge >= 0.3 is 6.09 Å². The van der Waals surface area contributed by atoms with Crippen molar-refractivity contribution >= 4 is 6.09 Å². The van der Waals surface area contributed by atoms with Gasteiger partial charge in [-0.15, -0.1) is 0 Å². The van der Waals surface area contributed by atoms with E-state index >= 15 is 0 Å². The topological polar surface area (TPSA) is 92.8 Å². The number of amides is 1. The van der Waals surface area contributed by atoms with Crippen molar-refractivity contribution in [3.63, 3.8) is 0 Å². The number of nitrogens with one attached hydrogen (secondary N) is 2. The van der Waals surface area contributed by atoms with Gasteiger partial charge in [0.05, 0.1) is 6.04 Å². The lowest BCUT2D eigenvalue weighted by atomic mass is 10.0. The van der Waals surface area contributed by atoms with E-state index < -0.39 is 11.7 Å². The Morgan fingerprint density at radius 2 is 1.89 bits per heavy atom. The third-order valence-corrected chi connectivity index (χ3v) is 3.98. The number of hydrogen-bond donors (Lipinski definition) is 2. The average molecular weight is 379 g/mol. The van der Waals surface area contributed by atoms with Gasteiger partial charge < -0.3 is 10.1 Å². The van der Waals surface area contributed by atoms with Crippen LogP contribution in [0.25, 0.3) is 11.5 Å². The van der Waals surface area contributed by atoms with Gasteiger partial charge in [0, 0.05) is 6.20 Å². The molecule has 2 N–H and O–H groups in total. The zero-order valence-corrected chi connectivity index (χ0v) is 16.3. The minimum Gasteiger partial charge on any atom is -0.444 e. The highest BCUT2D eigenvalue weighted by Gasteiger charge is 2.23. The number of benzene rings is 1. The molecule has 0 aliphatic carbocycles. The number of rotatable bonds is 6. The number of hydrogen-bond acceptors (Lipinski definition) is 5. The Balaban J connectivity index is 1.77. The summed E-state index contributed by atoms with van der Waals surface area (Å²) in [5.74, 6) is 1.06. The molecule has 0 bridgehead atoms. The summed E-state index contributed by atoms with van der Waals surface area (Å²) in [6.45, 7) is 5.50. The van der Waals surface area contributed by atoms with Crippen LogP contribution >= 0.6 is 0 Å². The fraction of sp³-hybridized carbons (Fsp3) is 0.333. The van der Waals surface area contributed by atoms with E-state index in [-0.39, 0.29) is 6.04 Å². The Labute approximate surface area is 164 Å². The number of aromatic amines is 1. The van der Waals surface area contributed by atoms with Crippen LogP contribution in [-0.2, 0) is 11.2 Å². The van der Waals surface area contributed by atoms with Crippen LogP contribution < -0.4 is 5.32 Å². The number of nitrogens with zero attached hydrogens (tertiary/aromatic N) is 3. The second-order valence-corrected chi connectivity index (χ2v) is 7.48. The minimum atomic E-state index is -0.575. The number of aryl methyl sites for hydroxylation is 1. The van der Waals surface area contributed by atoms with Gasteiger partial charge in [-0.1, -0.05) is 36.4 Å². The zero-order chi connectivity index (χ0) is 20.0. The number of aromatic nitrogens is 4. The summed E-state index contributed by atoms with van der Waals surface area (Å²) >= 11 is 0. The van der Waals surface area contributed by atoms with E-state index in [1.807, 2.05) is 57.2 Å². The van der Waals surface area contributed by atoms with Gasteiger partial charge in [-0.25, -0.2) is 9.78 Å². The van der Waals surface area contributed by atoms with Crippen LogP contribution in [0.1, 0.15) is 44.6 Å². The third-order valence-electron chi connectivity index (χ3n) is 3.98. The summed E-state index contributed by atoms with van der Waals surface area (Å²) in [5.41, 5.74) is 1.28. The summed E-state index contributed by atoms with van der Waals surface area (Å²) in [7, 11) is 0. The lowest BCUT2D eigenvalue weighted by Crippen LogP contribution is -2.35. The zero-order valence-electron chi connectivity index (χ0n) is 16.3. The fourth-order valence-electron chi connectivity index (χ4n) is 2.72. The standard InChI is InChI=1S/C21H25N5O2/c1-21(2,3)28-20(27)23-17(13-12-15-9-5-4-6-10-15)19-24-18(25-26-19)16-11-7-8-14-22-16/h4-11,14,17H,12-13H2,1-3H3,(H,23,27)(H,24,25,26)/t17-/m1/s1. The van der Waals surface area contributed by atoms with E-state index in [0.29, 0.717) is 23.8 Å². The summed E-state index contributed by atoms with van der Waals surface area (Å²) < 4.78 is 5.41. The second-order valence-electron chi connectivity index (χ2n) is 7.48. The van der Waals surface area contributed by atoms with Crippen LogP contribution in [0, 0.1) is 0 Å². The highest BCUT2D eigenvalue weighted by molar-refractivity contribution is 5.68. The first-order chi connectivity index (χ1) is 13.4. The number of H-pyrrole nitrogens is 1. The molecule has 0 aliphatic heterocycles. The van der Waals surface area contributed by atoms with E-state index in [1.165, 1.54) is 5.56 Å². The molecule has 0 unspecified atom stereocenters. The number of ether oxygens (including phenoxy) is 1. The maximum Gasteiger partial charge on any atom is 0.408 e. The van der Waals surface area contributed by atoms with Crippen LogP contribution in [0.15, 0.2) is 54.7 Å². The summed E-state index contributed by atoms with van der Waals surface area (Å²) in [4.78, 5) is 21.1. The Morgan fingerprint density at radius 3 is 2.57 bits per heavy atom. The molecular formula is C21H25N5O2. The molecule has 146 valence electrons. The van der Waals surface area contributed by atoms with Crippen molar-refractivity contribution in [2.75, 3.05) is 0 Å². The summed E-state index contributed by atoms with van der Waals surface area (Å²) in [5, 5.41) is 10.1. The highest BCUT2D eigenvalue weighted by Crippen LogP contribution is 2.20. The van der Waals surface area contributed by atoms with Crippen molar-refractivity contribution < 1.29 is 9.53 Å². The fourth-order valence-corrected chi connectivity index (χ4v) is 2.72. The first kappa shape index (κ1) is 19.5. The number of pyridine rings is 1. The Morgan fingerprint density at radius 1 is 1.14 bits per heavy atom. The molecule has 2 heterocycles. The summed E-state index contributed by atoms with van der Waals surface area (Å²) in [6.07, 6.45) is 2.64. The Kier molecular flexibility index (Phi) is 6.03. The smallest absolute Gasteiger partial charge is 0.408 e. The van der Waals surface area contributed by atoms with E-state index in [9.17, 15) is 4.79 Å². The van der Waals surface area contributed by atoms with E-state index in [0.717, 1.165) is 6.42 Å². The van der Waals surface area contributed by atoms with Crippen molar-refractivity contribution in [2.45, 2.75) is 45.3 Å². The number of carbonyl (C=O) groups excluding carboxylic acids is 1. The lowest BCUT2D eigenvalue weighted by molar-refractivity contribution is 0.0498. The van der Waals surface area contributed by atoms with Crippen LogP contribution in [0.3, 0.4) is 0 Å².